The molecule has 0 aliphatic heterocycles. The second-order valence-electron chi connectivity index (χ2n) is 7.90. The Balaban J connectivity index is 0.000000321. The highest BCUT2D eigenvalue weighted by Gasteiger charge is 2.10. The normalized spacial score (nSPS) is 9.65. The van der Waals surface area contributed by atoms with Crippen LogP contribution >= 0.6 is 22.7 Å². The van der Waals surface area contributed by atoms with Crippen LogP contribution < -0.4 is 0 Å². The molecule has 6 aromatic rings. The molecule has 0 saturated heterocycles. The van der Waals surface area contributed by atoms with Gasteiger partial charge in [0.2, 0.25) is 0 Å². The summed E-state index contributed by atoms with van der Waals surface area (Å²) >= 11 is 3.82. The van der Waals surface area contributed by atoms with Gasteiger partial charge in [-0.05, 0) is 48.2 Å². The molecule has 2 heteroatoms. The molecular weight excluding hydrogens is 521 g/mol. The lowest BCUT2D eigenvalue weighted by atomic mass is 10.0. The van der Waals surface area contributed by atoms with Crippen LogP contribution in [0.25, 0.3) is 41.7 Å². The molecule has 2 aromatic heterocycles. The molecule has 2 heterocycles. The first-order chi connectivity index (χ1) is 19.7. The standard InChI is InChI=1S/C16H16.C14H8S2.4C2H6/c1-13-7-3-5-9-15(13)11-12-16-10-6-4-8-14(16)2;1-3-7-11-9(5-1)13-14(15-11)10-6-2-4-8-12(10)16-13;4*1-2/h3-12H,1-2H3;1-8H;4*1-2H3/b12-11+;;;;;. The van der Waals surface area contributed by atoms with Crippen LogP contribution in [0, 0.1) is 13.8 Å². The minimum atomic E-state index is 1.28. The number of rotatable bonds is 2. The molecule has 0 saturated carbocycles. The lowest BCUT2D eigenvalue weighted by Crippen LogP contribution is -1.80. The fourth-order valence-electron chi connectivity index (χ4n) is 3.88. The average Bonchev–Trinajstić information content (AvgIpc) is 3.58. The molecule has 0 radical (unpaired) electrons. The third kappa shape index (κ3) is 9.18. The summed E-state index contributed by atoms with van der Waals surface area (Å²) in [6.45, 7) is 20.3. The van der Waals surface area contributed by atoms with E-state index in [1.165, 1.54) is 51.8 Å². The molecule has 0 amide bonds. The van der Waals surface area contributed by atoms with Crippen LogP contribution in [-0.4, -0.2) is 0 Å². The third-order valence-corrected chi connectivity index (χ3v) is 8.25. The van der Waals surface area contributed by atoms with Crippen molar-refractivity contribution in [1.82, 2.24) is 0 Å². The van der Waals surface area contributed by atoms with Crippen LogP contribution in [0.4, 0.5) is 0 Å². The lowest BCUT2D eigenvalue weighted by Gasteiger charge is -2.01. The summed E-state index contributed by atoms with van der Waals surface area (Å²) in [5.41, 5.74) is 5.19. The molecular formula is C38H48S2. The van der Waals surface area contributed by atoms with Gasteiger partial charge in [-0.1, -0.05) is 152 Å². The van der Waals surface area contributed by atoms with Crippen molar-refractivity contribution in [3.05, 3.63) is 119 Å². The number of thiophene rings is 2. The summed E-state index contributed by atoms with van der Waals surface area (Å²) in [6.07, 6.45) is 4.36. The number of aryl methyl sites for hydroxylation is 2. The van der Waals surface area contributed by atoms with E-state index < -0.39 is 0 Å². The first kappa shape index (κ1) is 34.8. The highest BCUT2D eigenvalue weighted by atomic mass is 32.1. The van der Waals surface area contributed by atoms with Crippen molar-refractivity contribution >= 4 is 64.4 Å². The second-order valence-corrected chi connectivity index (χ2v) is 10.0. The zero-order valence-electron chi connectivity index (χ0n) is 26.2. The molecule has 212 valence electrons. The van der Waals surface area contributed by atoms with Gasteiger partial charge in [0.1, 0.15) is 0 Å². The minimum absolute atomic E-state index is 1.28. The van der Waals surface area contributed by atoms with Crippen molar-refractivity contribution in [2.45, 2.75) is 69.2 Å². The molecule has 4 aromatic carbocycles. The lowest BCUT2D eigenvalue weighted by molar-refractivity contribution is 1.43. The zero-order valence-corrected chi connectivity index (χ0v) is 27.8. The quantitative estimate of drug-likeness (QED) is 0.182. The maximum Gasteiger partial charge on any atom is 0.0542 e. The predicted octanol–water partition coefficient (Wildman–Crippen LogP) is 13.8. The van der Waals surface area contributed by atoms with E-state index in [1.54, 1.807) is 0 Å². The van der Waals surface area contributed by atoms with E-state index in [9.17, 15) is 0 Å². The summed E-state index contributed by atoms with van der Waals surface area (Å²) in [4.78, 5) is 0. The van der Waals surface area contributed by atoms with Crippen molar-refractivity contribution in [2.75, 3.05) is 0 Å². The van der Waals surface area contributed by atoms with Crippen molar-refractivity contribution in [2.24, 2.45) is 0 Å². The Morgan fingerprint density at radius 3 is 1.05 bits per heavy atom. The van der Waals surface area contributed by atoms with E-state index in [-0.39, 0.29) is 0 Å². The van der Waals surface area contributed by atoms with Crippen LogP contribution in [0.15, 0.2) is 97.1 Å². The van der Waals surface area contributed by atoms with Crippen LogP contribution in [-0.2, 0) is 0 Å². The summed E-state index contributed by atoms with van der Waals surface area (Å²) in [5.74, 6) is 0. The fourth-order valence-corrected chi connectivity index (χ4v) is 6.53. The smallest absolute Gasteiger partial charge is 0.0542 e. The predicted molar refractivity (Wildman–Crippen MR) is 191 cm³/mol. The van der Waals surface area contributed by atoms with E-state index in [1.807, 2.05) is 78.1 Å². The summed E-state index contributed by atoms with van der Waals surface area (Å²) < 4.78 is 5.69. The largest absolute Gasteiger partial charge is 0.134 e. The van der Waals surface area contributed by atoms with E-state index in [0.717, 1.165) is 0 Å². The molecule has 0 unspecified atom stereocenters. The van der Waals surface area contributed by atoms with Crippen LogP contribution in [0.2, 0.25) is 0 Å². The first-order valence-electron chi connectivity index (χ1n) is 14.8. The molecule has 0 spiro atoms. The van der Waals surface area contributed by atoms with Crippen LogP contribution in [0.5, 0.6) is 0 Å². The van der Waals surface area contributed by atoms with Gasteiger partial charge in [0.15, 0.2) is 0 Å². The highest BCUT2D eigenvalue weighted by Crippen LogP contribution is 2.43. The average molecular weight is 569 g/mol. The Morgan fingerprint density at radius 1 is 0.400 bits per heavy atom. The van der Waals surface area contributed by atoms with Gasteiger partial charge >= 0.3 is 0 Å². The molecule has 0 fully saturated rings. The second kappa shape index (κ2) is 19.8. The van der Waals surface area contributed by atoms with Crippen molar-refractivity contribution in [1.29, 1.82) is 0 Å². The molecule has 0 nitrogen and oxygen atoms in total. The van der Waals surface area contributed by atoms with Gasteiger partial charge in [-0.2, -0.15) is 0 Å². The molecule has 0 aliphatic carbocycles. The van der Waals surface area contributed by atoms with Crippen molar-refractivity contribution < 1.29 is 0 Å². The number of hydrogen-bond donors (Lipinski definition) is 0. The molecule has 6 rings (SSSR count). The molecule has 0 aliphatic rings. The van der Waals surface area contributed by atoms with E-state index in [2.05, 4.69) is 123 Å². The van der Waals surface area contributed by atoms with Crippen molar-refractivity contribution in [3.8, 4) is 0 Å². The van der Waals surface area contributed by atoms with Crippen LogP contribution in [0.1, 0.15) is 77.6 Å². The first-order valence-corrected chi connectivity index (χ1v) is 16.4. The molecule has 0 bridgehead atoms. The van der Waals surface area contributed by atoms with E-state index >= 15 is 0 Å². The summed E-state index contributed by atoms with van der Waals surface area (Å²) in [7, 11) is 0. The minimum Gasteiger partial charge on any atom is -0.134 e. The topological polar surface area (TPSA) is 0 Å². The SMILES string of the molecule is CC.CC.CC.CC.Cc1ccccc1/C=C/c1ccccc1C.c1ccc2c(c1)sc1c3ccccc3sc21. The summed E-state index contributed by atoms with van der Waals surface area (Å²) in [6, 6.07) is 34.2. The Morgan fingerprint density at radius 2 is 0.700 bits per heavy atom. The zero-order chi connectivity index (χ0) is 29.9. The molecule has 40 heavy (non-hydrogen) atoms. The fraction of sp³-hybridized carbons (Fsp3) is 0.263. The van der Waals surface area contributed by atoms with Crippen molar-refractivity contribution in [3.63, 3.8) is 0 Å². The Bertz CT molecular complexity index is 1430. The number of hydrogen-bond acceptors (Lipinski definition) is 2. The number of benzene rings is 4. The maximum absolute atomic E-state index is 2.23. The Labute approximate surface area is 252 Å². The monoisotopic (exact) mass is 568 g/mol. The Kier molecular flexibility index (Phi) is 17.2. The summed E-state index contributed by atoms with van der Waals surface area (Å²) in [5, 5.41) is 2.81. The number of fused-ring (bicyclic) bond motifs is 5. The molecule has 0 N–H and O–H groups in total. The van der Waals surface area contributed by atoms with Gasteiger partial charge in [0.25, 0.3) is 0 Å². The third-order valence-electron chi connectivity index (χ3n) is 5.71. The van der Waals surface area contributed by atoms with Crippen LogP contribution in [0.3, 0.4) is 0 Å². The van der Waals surface area contributed by atoms with E-state index in [0.29, 0.717) is 0 Å². The maximum atomic E-state index is 2.23. The highest BCUT2D eigenvalue weighted by molar-refractivity contribution is 7.36. The Hall–Kier alpha value is -3.20. The van der Waals surface area contributed by atoms with Gasteiger partial charge in [-0.25, -0.2) is 0 Å². The van der Waals surface area contributed by atoms with Gasteiger partial charge in [-0.3, -0.25) is 0 Å². The van der Waals surface area contributed by atoms with Gasteiger partial charge in [-0.15, -0.1) is 22.7 Å². The van der Waals surface area contributed by atoms with Gasteiger partial charge in [0.05, 0.1) is 9.40 Å². The molecule has 0 atom stereocenters. The van der Waals surface area contributed by atoms with Gasteiger partial charge in [0, 0.05) is 20.2 Å². The van der Waals surface area contributed by atoms with Gasteiger partial charge < -0.3 is 0 Å². The van der Waals surface area contributed by atoms with E-state index in [4.69, 9.17) is 0 Å².